The van der Waals surface area contributed by atoms with Crippen LogP contribution in [0.15, 0.2) is 79.1 Å². The molecular formula is C25H25N5O2. The summed E-state index contributed by atoms with van der Waals surface area (Å²) in [5.74, 6) is -0.105. The predicted octanol–water partition coefficient (Wildman–Crippen LogP) is 3.35. The first-order valence-corrected chi connectivity index (χ1v) is 10.4. The quantitative estimate of drug-likeness (QED) is 0.419. The average molecular weight is 428 g/mol. The van der Waals surface area contributed by atoms with Crippen molar-refractivity contribution >= 4 is 11.9 Å². The van der Waals surface area contributed by atoms with E-state index in [-0.39, 0.29) is 18.5 Å². The average Bonchev–Trinajstić information content (AvgIpc) is 3.23. The number of amides is 1. The van der Waals surface area contributed by atoms with Crippen molar-refractivity contribution in [1.82, 2.24) is 19.9 Å². The van der Waals surface area contributed by atoms with Crippen LogP contribution in [0.3, 0.4) is 0 Å². The third kappa shape index (κ3) is 4.68. The van der Waals surface area contributed by atoms with Gasteiger partial charge in [0.1, 0.15) is 5.69 Å². The van der Waals surface area contributed by atoms with Gasteiger partial charge in [0.2, 0.25) is 5.95 Å². The first kappa shape index (κ1) is 21.3. The lowest BCUT2D eigenvalue weighted by molar-refractivity contribution is 0.0907. The molecule has 32 heavy (non-hydrogen) atoms. The van der Waals surface area contributed by atoms with Crippen LogP contribution in [0.5, 0.6) is 0 Å². The minimum absolute atomic E-state index is 0.178. The lowest BCUT2D eigenvalue weighted by Gasteiger charge is -2.17. The van der Waals surface area contributed by atoms with Gasteiger partial charge in [-0.25, -0.2) is 9.97 Å². The maximum atomic E-state index is 13.3. The number of benzene rings is 2. The molecule has 4 aromatic rings. The molecule has 0 aliphatic heterocycles. The minimum Gasteiger partial charge on any atom is -0.394 e. The van der Waals surface area contributed by atoms with Crippen molar-refractivity contribution in [3.63, 3.8) is 0 Å². The van der Waals surface area contributed by atoms with E-state index < -0.39 is 6.04 Å². The van der Waals surface area contributed by atoms with Gasteiger partial charge >= 0.3 is 0 Å². The molecule has 2 aromatic carbocycles. The Morgan fingerprint density at radius 2 is 1.81 bits per heavy atom. The summed E-state index contributed by atoms with van der Waals surface area (Å²) in [4.78, 5) is 21.7. The van der Waals surface area contributed by atoms with Crippen LogP contribution in [0.25, 0.3) is 11.3 Å². The number of nitrogen functional groups attached to an aromatic ring is 1. The molecule has 0 fully saturated rings. The summed E-state index contributed by atoms with van der Waals surface area (Å²) < 4.78 is 1.89. The summed E-state index contributed by atoms with van der Waals surface area (Å²) >= 11 is 0. The zero-order valence-corrected chi connectivity index (χ0v) is 17.8. The molecule has 0 bridgehead atoms. The van der Waals surface area contributed by atoms with Crippen LogP contribution in [0.1, 0.15) is 33.2 Å². The highest BCUT2D eigenvalue weighted by atomic mass is 16.3. The van der Waals surface area contributed by atoms with Gasteiger partial charge in [0, 0.05) is 24.5 Å². The van der Waals surface area contributed by atoms with Crippen LogP contribution in [-0.2, 0) is 6.54 Å². The second-order valence-corrected chi connectivity index (χ2v) is 7.61. The molecule has 0 spiro atoms. The van der Waals surface area contributed by atoms with Gasteiger partial charge in [-0.3, -0.25) is 4.79 Å². The maximum absolute atomic E-state index is 13.3. The smallest absolute Gasteiger partial charge is 0.268 e. The highest BCUT2D eigenvalue weighted by Crippen LogP contribution is 2.25. The van der Waals surface area contributed by atoms with E-state index in [1.165, 1.54) is 0 Å². The summed E-state index contributed by atoms with van der Waals surface area (Å²) in [7, 11) is 0. The largest absolute Gasteiger partial charge is 0.394 e. The predicted molar refractivity (Wildman–Crippen MR) is 124 cm³/mol. The normalized spacial score (nSPS) is 11.8. The van der Waals surface area contributed by atoms with Gasteiger partial charge in [-0.05, 0) is 29.7 Å². The summed E-state index contributed by atoms with van der Waals surface area (Å²) in [6.45, 7) is 2.21. The number of carbonyl (C=O) groups is 1. The van der Waals surface area contributed by atoms with Crippen LogP contribution >= 0.6 is 0 Å². The van der Waals surface area contributed by atoms with Crippen molar-refractivity contribution in [3.05, 3.63) is 102 Å². The number of nitrogens with one attached hydrogen (secondary N) is 1. The summed E-state index contributed by atoms with van der Waals surface area (Å²) in [5, 5.41) is 12.8. The molecule has 4 rings (SSSR count). The monoisotopic (exact) mass is 427 g/mol. The molecule has 0 aliphatic carbocycles. The van der Waals surface area contributed by atoms with Gasteiger partial charge in [0.15, 0.2) is 0 Å². The molecule has 4 N–H and O–H groups in total. The number of aryl methyl sites for hydroxylation is 1. The SMILES string of the molecule is Cc1cnc(N)nc1-c1cc(C(=O)N[C@H](CO)c2ccccc2)n(Cc2ccccc2)c1. The number of aliphatic hydroxyl groups is 1. The number of hydrogen-bond acceptors (Lipinski definition) is 5. The molecule has 7 heteroatoms. The third-order valence-electron chi connectivity index (χ3n) is 5.28. The van der Waals surface area contributed by atoms with Gasteiger partial charge in [0.25, 0.3) is 5.91 Å². The fourth-order valence-electron chi connectivity index (χ4n) is 3.64. The minimum atomic E-state index is -0.511. The molecule has 0 unspecified atom stereocenters. The zero-order valence-electron chi connectivity index (χ0n) is 17.8. The van der Waals surface area contributed by atoms with Gasteiger partial charge < -0.3 is 20.7 Å². The number of aliphatic hydroxyl groups excluding tert-OH is 1. The number of hydrogen-bond donors (Lipinski definition) is 3. The van der Waals surface area contributed by atoms with Gasteiger partial charge in [0.05, 0.1) is 18.3 Å². The van der Waals surface area contributed by atoms with E-state index in [0.717, 1.165) is 22.3 Å². The number of nitrogens with zero attached hydrogens (tertiary/aromatic N) is 3. The summed E-state index contributed by atoms with van der Waals surface area (Å²) in [6.07, 6.45) is 3.57. The topological polar surface area (TPSA) is 106 Å². The van der Waals surface area contributed by atoms with E-state index in [2.05, 4.69) is 15.3 Å². The molecule has 1 atom stereocenters. The number of anilines is 1. The lowest BCUT2D eigenvalue weighted by atomic mass is 10.1. The summed E-state index contributed by atoms with van der Waals surface area (Å²) in [6, 6.07) is 20.6. The fourth-order valence-corrected chi connectivity index (χ4v) is 3.64. The molecule has 2 aromatic heterocycles. The Kier molecular flexibility index (Phi) is 6.28. The molecule has 0 saturated carbocycles. The Morgan fingerprint density at radius 3 is 2.50 bits per heavy atom. The first-order valence-electron chi connectivity index (χ1n) is 10.4. The zero-order chi connectivity index (χ0) is 22.5. The molecule has 0 saturated heterocycles. The van der Waals surface area contributed by atoms with Crippen molar-refractivity contribution < 1.29 is 9.90 Å². The number of rotatable bonds is 7. The Balaban J connectivity index is 1.71. The molecule has 0 radical (unpaired) electrons. The molecular weight excluding hydrogens is 402 g/mol. The van der Waals surface area contributed by atoms with E-state index in [4.69, 9.17) is 5.73 Å². The van der Waals surface area contributed by atoms with Crippen molar-refractivity contribution in [3.8, 4) is 11.3 Å². The van der Waals surface area contributed by atoms with Gasteiger partial charge in [-0.15, -0.1) is 0 Å². The van der Waals surface area contributed by atoms with E-state index in [9.17, 15) is 9.90 Å². The highest BCUT2D eigenvalue weighted by Gasteiger charge is 2.20. The Labute approximate surface area is 186 Å². The lowest BCUT2D eigenvalue weighted by Crippen LogP contribution is -2.32. The van der Waals surface area contributed by atoms with Crippen molar-refractivity contribution in [1.29, 1.82) is 0 Å². The standard InChI is InChI=1S/C25H25N5O2/c1-17-13-27-25(26)29-23(17)20-12-22(30(15-20)14-18-8-4-2-5-9-18)24(32)28-21(16-31)19-10-6-3-7-11-19/h2-13,15,21,31H,14,16H2,1H3,(H,28,32)(H2,26,27,29)/t21-/m1/s1. The number of aromatic nitrogens is 3. The van der Waals surface area contributed by atoms with Crippen molar-refractivity contribution in [2.75, 3.05) is 12.3 Å². The van der Waals surface area contributed by atoms with Gasteiger partial charge in [-0.1, -0.05) is 60.7 Å². The molecule has 162 valence electrons. The van der Waals surface area contributed by atoms with Gasteiger partial charge in [-0.2, -0.15) is 0 Å². The van der Waals surface area contributed by atoms with E-state index in [1.54, 1.807) is 12.3 Å². The Morgan fingerprint density at radius 1 is 1.12 bits per heavy atom. The Bertz CT molecular complexity index is 1210. The molecule has 7 nitrogen and oxygen atoms in total. The van der Waals surface area contributed by atoms with Crippen LogP contribution in [0.4, 0.5) is 5.95 Å². The Hall–Kier alpha value is -3.97. The molecule has 2 heterocycles. The number of nitrogens with two attached hydrogens (primary N) is 1. The highest BCUT2D eigenvalue weighted by molar-refractivity contribution is 5.94. The first-order chi connectivity index (χ1) is 15.5. The fraction of sp³-hybridized carbons (Fsp3) is 0.160. The number of carbonyl (C=O) groups excluding carboxylic acids is 1. The van der Waals surface area contributed by atoms with Crippen LogP contribution in [-0.4, -0.2) is 32.2 Å². The molecule has 0 aliphatic rings. The second-order valence-electron chi connectivity index (χ2n) is 7.61. The summed E-state index contributed by atoms with van der Waals surface area (Å²) in [5.41, 5.74) is 10.5. The maximum Gasteiger partial charge on any atom is 0.268 e. The molecule has 1 amide bonds. The van der Waals surface area contributed by atoms with Crippen LogP contribution < -0.4 is 11.1 Å². The van der Waals surface area contributed by atoms with E-state index >= 15 is 0 Å². The van der Waals surface area contributed by atoms with Crippen LogP contribution in [0.2, 0.25) is 0 Å². The van der Waals surface area contributed by atoms with Crippen molar-refractivity contribution in [2.45, 2.75) is 19.5 Å². The van der Waals surface area contributed by atoms with Crippen LogP contribution in [0, 0.1) is 6.92 Å². The third-order valence-corrected chi connectivity index (χ3v) is 5.28. The van der Waals surface area contributed by atoms with Crippen molar-refractivity contribution in [2.24, 2.45) is 0 Å². The second kappa shape index (κ2) is 9.45. The van der Waals surface area contributed by atoms with E-state index in [1.807, 2.05) is 78.4 Å². The van der Waals surface area contributed by atoms with E-state index in [0.29, 0.717) is 17.9 Å².